The van der Waals surface area contributed by atoms with Crippen molar-refractivity contribution >= 4 is 11.6 Å². The van der Waals surface area contributed by atoms with Crippen LogP contribution in [0.3, 0.4) is 0 Å². The third kappa shape index (κ3) is 3.46. The zero-order valence-corrected chi connectivity index (χ0v) is 11.3. The summed E-state index contributed by atoms with van der Waals surface area (Å²) < 4.78 is 18.8. The molecule has 0 aliphatic carbocycles. The minimum Gasteiger partial charge on any atom is -0.457 e. The molecule has 0 aromatic heterocycles. The molecule has 0 saturated carbocycles. The van der Waals surface area contributed by atoms with Crippen molar-refractivity contribution < 1.29 is 9.13 Å². The molecule has 0 saturated heterocycles. The van der Waals surface area contributed by atoms with Crippen LogP contribution in [0.25, 0.3) is 0 Å². The average Bonchev–Trinajstić information content (AvgIpc) is 2.43. The Balaban J connectivity index is 2.12. The van der Waals surface area contributed by atoms with Crippen LogP contribution < -0.4 is 10.5 Å². The molecular weight excluding hydrogens is 265 g/mol. The smallest absolute Gasteiger partial charge is 0.145 e. The fourth-order valence-corrected chi connectivity index (χ4v) is 1.81. The molecule has 100 valence electrons. The van der Waals surface area contributed by atoms with Gasteiger partial charge in [0.1, 0.15) is 17.3 Å². The van der Waals surface area contributed by atoms with E-state index in [9.17, 15) is 4.39 Å². The third-order valence-electron chi connectivity index (χ3n) is 2.87. The van der Waals surface area contributed by atoms with E-state index < -0.39 is 5.82 Å². The summed E-state index contributed by atoms with van der Waals surface area (Å²) >= 11 is 5.61. The Labute approximate surface area is 117 Å². The van der Waals surface area contributed by atoms with Gasteiger partial charge in [-0.3, -0.25) is 0 Å². The van der Waals surface area contributed by atoms with Crippen LogP contribution in [0, 0.1) is 5.82 Å². The van der Waals surface area contributed by atoms with E-state index in [-0.39, 0.29) is 11.1 Å². The molecule has 2 rings (SSSR count). The Morgan fingerprint density at radius 3 is 2.37 bits per heavy atom. The zero-order valence-electron chi connectivity index (χ0n) is 10.6. The molecule has 1 unspecified atom stereocenters. The van der Waals surface area contributed by atoms with Crippen molar-refractivity contribution in [1.29, 1.82) is 0 Å². The maximum Gasteiger partial charge on any atom is 0.145 e. The second-order valence-corrected chi connectivity index (χ2v) is 4.67. The Morgan fingerprint density at radius 1 is 1.16 bits per heavy atom. The van der Waals surface area contributed by atoms with Crippen LogP contribution in [0.2, 0.25) is 5.02 Å². The SMILES string of the molecule is CCC(N)c1ccc(Oc2ccc(Cl)c(F)c2)cc1. The number of hydrogen-bond donors (Lipinski definition) is 1. The lowest BCUT2D eigenvalue weighted by Crippen LogP contribution is -2.07. The summed E-state index contributed by atoms with van der Waals surface area (Å²) in [7, 11) is 0. The highest BCUT2D eigenvalue weighted by molar-refractivity contribution is 6.30. The molecule has 4 heteroatoms. The zero-order chi connectivity index (χ0) is 13.8. The highest BCUT2D eigenvalue weighted by Crippen LogP contribution is 2.26. The molecule has 0 radical (unpaired) electrons. The first-order valence-corrected chi connectivity index (χ1v) is 6.46. The third-order valence-corrected chi connectivity index (χ3v) is 3.18. The lowest BCUT2D eigenvalue weighted by Gasteiger charge is -2.10. The van der Waals surface area contributed by atoms with E-state index in [1.165, 1.54) is 12.1 Å². The van der Waals surface area contributed by atoms with Gasteiger partial charge < -0.3 is 10.5 Å². The van der Waals surface area contributed by atoms with Crippen molar-refractivity contribution in [3.8, 4) is 11.5 Å². The number of rotatable bonds is 4. The second-order valence-electron chi connectivity index (χ2n) is 4.26. The fraction of sp³-hybridized carbons (Fsp3) is 0.200. The van der Waals surface area contributed by atoms with Gasteiger partial charge >= 0.3 is 0 Å². The van der Waals surface area contributed by atoms with Gasteiger partial charge in [0.15, 0.2) is 0 Å². The molecule has 0 spiro atoms. The summed E-state index contributed by atoms with van der Waals surface area (Å²) in [6.07, 6.45) is 0.878. The summed E-state index contributed by atoms with van der Waals surface area (Å²) in [6.45, 7) is 2.03. The van der Waals surface area contributed by atoms with Crippen molar-refractivity contribution in [3.05, 3.63) is 58.9 Å². The average molecular weight is 280 g/mol. The van der Waals surface area contributed by atoms with Crippen LogP contribution >= 0.6 is 11.6 Å². The number of benzene rings is 2. The summed E-state index contributed by atoms with van der Waals surface area (Å²) in [4.78, 5) is 0. The van der Waals surface area contributed by atoms with Gasteiger partial charge in [-0.25, -0.2) is 4.39 Å². The fourth-order valence-electron chi connectivity index (χ4n) is 1.70. The van der Waals surface area contributed by atoms with Crippen molar-refractivity contribution in [2.24, 2.45) is 5.73 Å². The summed E-state index contributed by atoms with van der Waals surface area (Å²) in [6, 6.07) is 11.8. The van der Waals surface area contributed by atoms with E-state index in [4.69, 9.17) is 22.1 Å². The number of halogens is 2. The lowest BCUT2D eigenvalue weighted by molar-refractivity contribution is 0.476. The quantitative estimate of drug-likeness (QED) is 0.882. The first-order valence-electron chi connectivity index (χ1n) is 6.08. The van der Waals surface area contributed by atoms with E-state index >= 15 is 0 Å². The molecule has 2 N–H and O–H groups in total. The largest absolute Gasteiger partial charge is 0.457 e. The predicted octanol–water partition coefficient (Wildman–Crippen LogP) is 4.68. The normalized spacial score (nSPS) is 12.2. The summed E-state index contributed by atoms with van der Waals surface area (Å²) in [5, 5.41) is 0.0802. The first kappa shape index (κ1) is 13.8. The summed E-state index contributed by atoms with van der Waals surface area (Å²) in [5.74, 6) is 0.548. The number of hydrogen-bond acceptors (Lipinski definition) is 2. The van der Waals surface area contributed by atoms with Crippen LogP contribution in [0.5, 0.6) is 11.5 Å². The van der Waals surface area contributed by atoms with Crippen molar-refractivity contribution in [2.45, 2.75) is 19.4 Å². The molecule has 0 fully saturated rings. The molecule has 0 bridgehead atoms. The van der Waals surface area contributed by atoms with E-state index in [2.05, 4.69) is 0 Å². The standard InChI is InChI=1S/C15H15ClFNO/c1-2-15(18)10-3-5-11(6-4-10)19-12-7-8-13(16)14(17)9-12/h3-9,15H,2,18H2,1H3. The molecule has 1 atom stereocenters. The van der Waals surface area contributed by atoms with Gasteiger partial charge in [0.05, 0.1) is 5.02 Å². The highest BCUT2D eigenvalue weighted by Gasteiger charge is 2.05. The molecule has 0 aliphatic rings. The Bertz CT molecular complexity index is 557. The summed E-state index contributed by atoms with van der Waals surface area (Å²) in [5.41, 5.74) is 6.98. The minimum absolute atomic E-state index is 0.0297. The van der Waals surface area contributed by atoms with Gasteiger partial charge in [-0.1, -0.05) is 30.7 Å². The Morgan fingerprint density at radius 2 is 1.79 bits per heavy atom. The van der Waals surface area contributed by atoms with E-state index in [0.29, 0.717) is 11.5 Å². The topological polar surface area (TPSA) is 35.2 Å². The van der Waals surface area contributed by atoms with Crippen LogP contribution in [0.15, 0.2) is 42.5 Å². The molecule has 19 heavy (non-hydrogen) atoms. The molecule has 2 nitrogen and oxygen atoms in total. The van der Waals surface area contributed by atoms with Crippen LogP contribution in [0.4, 0.5) is 4.39 Å². The van der Waals surface area contributed by atoms with Gasteiger partial charge in [-0.2, -0.15) is 0 Å². The molecular formula is C15H15ClFNO. The van der Waals surface area contributed by atoms with Gasteiger partial charge in [0.2, 0.25) is 0 Å². The van der Waals surface area contributed by atoms with Gasteiger partial charge in [0, 0.05) is 12.1 Å². The van der Waals surface area contributed by atoms with Crippen LogP contribution in [-0.4, -0.2) is 0 Å². The van der Waals surface area contributed by atoms with E-state index in [1.54, 1.807) is 6.07 Å². The Hall–Kier alpha value is -1.58. The van der Waals surface area contributed by atoms with E-state index in [1.807, 2.05) is 31.2 Å². The predicted molar refractivity (Wildman–Crippen MR) is 75.1 cm³/mol. The lowest BCUT2D eigenvalue weighted by atomic mass is 10.1. The number of nitrogens with two attached hydrogens (primary N) is 1. The maximum atomic E-state index is 13.3. The minimum atomic E-state index is -0.496. The highest BCUT2D eigenvalue weighted by atomic mass is 35.5. The van der Waals surface area contributed by atoms with Crippen molar-refractivity contribution in [2.75, 3.05) is 0 Å². The first-order chi connectivity index (χ1) is 9.10. The van der Waals surface area contributed by atoms with Gasteiger partial charge in [0.25, 0.3) is 0 Å². The second kappa shape index (κ2) is 6.04. The van der Waals surface area contributed by atoms with Crippen molar-refractivity contribution in [3.63, 3.8) is 0 Å². The maximum absolute atomic E-state index is 13.3. The monoisotopic (exact) mass is 279 g/mol. The Kier molecular flexibility index (Phi) is 4.40. The van der Waals surface area contributed by atoms with Gasteiger partial charge in [-0.15, -0.1) is 0 Å². The molecule has 0 aliphatic heterocycles. The molecule has 0 heterocycles. The number of ether oxygens (including phenoxy) is 1. The molecule has 2 aromatic carbocycles. The van der Waals surface area contributed by atoms with Gasteiger partial charge in [-0.05, 0) is 36.2 Å². The van der Waals surface area contributed by atoms with Crippen LogP contribution in [-0.2, 0) is 0 Å². The van der Waals surface area contributed by atoms with Crippen molar-refractivity contribution in [1.82, 2.24) is 0 Å². The van der Waals surface area contributed by atoms with E-state index in [0.717, 1.165) is 12.0 Å². The molecule has 0 amide bonds. The van der Waals surface area contributed by atoms with Crippen LogP contribution in [0.1, 0.15) is 24.9 Å². The molecule has 2 aromatic rings.